The van der Waals surface area contributed by atoms with E-state index in [9.17, 15) is 19.2 Å². The molecule has 3 atom stereocenters. The molecule has 0 unspecified atom stereocenters. The van der Waals surface area contributed by atoms with Crippen molar-refractivity contribution in [2.75, 3.05) is 19.7 Å². The maximum Gasteiger partial charge on any atom is 0.407 e. The van der Waals surface area contributed by atoms with Gasteiger partial charge in [-0.15, -0.1) is 0 Å². The highest BCUT2D eigenvalue weighted by Gasteiger charge is 2.47. The number of hydrogen-bond donors (Lipinski definition) is 2. The third kappa shape index (κ3) is 2.68. The highest BCUT2D eigenvalue weighted by molar-refractivity contribution is 6.07. The Labute approximate surface area is 126 Å². The third-order valence-electron chi connectivity index (χ3n) is 4.18. The summed E-state index contributed by atoms with van der Waals surface area (Å²) in [5, 5.41) is 5.13. The molecule has 0 saturated carbocycles. The largest absolute Gasteiger partial charge is 0.447 e. The van der Waals surface area contributed by atoms with Gasteiger partial charge in [0.15, 0.2) is 0 Å². The lowest BCUT2D eigenvalue weighted by Crippen LogP contribution is -2.45. The summed E-state index contributed by atoms with van der Waals surface area (Å²) in [4.78, 5) is 48.2. The van der Waals surface area contributed by atoms with E-state index in [1.807, 2.05) is 12.2 Å². The summed E-state index contributed by atoms with van der Waals surface area (Å²) in [6.07, 6.45) is 4.40. The summed E-state index contributed by atoms with van der Waals surface area (Å²) in [6, 6.07) is -0.284. The molecule has 2 N–H and O–H groups in total. The molecule has 2 heterocycles. The van der Waals surface area contributed by atoms with Gasteiger partial charge in [0, 0.05) is 6.54 Å². The topological polar surface area (TPSA) is 105 Å². The molecule has 1 aliphatic carbocycles. The lowest BCUT2D eigenvalue weighted by atomic mass is 9.85. The molecular weight excluding hydrogens is 290 g/mol. The zero-order chi connectivity index (χ0) is 15.7. The second-order valence-electron chi connectivity index (χ2n) is 5.66. The first kappa shape index (κ1) is 14.6. The van der Waals surface area contributed by atoms with Gasteiger partial charge >= 0.3 is 6.09 Å². The number of rotatable bonds is 4. The molecule has 0 bridgehead atoms. The van der Waals surface area contributed by atoms with E-state index >= 15 is 0 Å². The molecule has 8 nitrogen and oxygen atoms in total. The lowest BCUT2D eigenvalue weighted by molar-refractivity contribution is -0.143. The number of amides is 4. The van der Waals surface area contributed by atoms with Gasteiger partial charge in [0.25, 0.3) is 0 Å². The Morgan fingerprint density at radius 3 is 2.41 bits per heavy atom. The van der Waals surface area contributed by atoms with Crippen molar-refractivity contribution in [2.45, 2.75) is 18.9 Å². The van der Waals surface area contributed by atoms with Crippen LogP contribution in [0.25, 0.3) is 0 Å². The smallest absolute Gasteiger partial charge is 0.407 e. The molecule has 2 fully saturated rings. The average Bonchev–Trinajstić information content (AvgIpc) is 3.03. The van der Waals surface area contributed by atoms with Crippen molar-refractivity contribution in [3.8, 4) is 0 Å². The average molecular weight is 307 g/mol. The third-order valence-corrected chi connectivity index (χ3v) is 4.18. The first-order valence-electron chi connectivity index (χ1n) is 7.26. The van der Waals surface area contributed by atoms with Crippen molar-refractivity contribution in [1.29, 1.82) is 0 Å². The van der Waals surface area contributed by atoms with Crippen molar-refractivity contribution < 1.29 is 23.9 Å². The summed E-state index contributed by atoms with van der Waals surface area (Å²) >= 11 is 0. The quantitative estimate of drug-likeness (QED) is 0.520. The zero-order valence-electron chi connectivity index (χ0n) is 11.9. The first-order chi connectivity index (χ1) is 10.6. The number of ether oxygens (including phenoxy) is 1. The number of nitrogens with zero attached hydrogens (tertiary/aromatic N) is 1. The van der Waals surface area contributed by atoms with Crippen molar-refractivity contribution in [2.24, 2.45) is 11.8 Å². The highest BCUT2D eigenvalue weighted by Crippen LogP contribution is 2.34. The minimum atomic E-state index is -0.513. The molecular formula is C14H17N3O5. The molecule has 118 valence electrons. The fourth-order valence-corrected chi connectivity index (χ4v) is 3.00. The Hall–Kier alpha value is -2.38. The number of hydrogen-bond acceptors (Lipinski definition) is 5. The summed E-state index contributed by atoms with van der Waals surface area (Å²) in [6.45, 7) is 0.123. The van der Waals surface area contributed by atoms with Crippen LogP contribution in [0.3, 0.4) is 0 Å². The van der Waals surface area contributed by atoms with Gasteiger partial charge in [0.05, 0.1) is 17.9 Å². The van der Waals surface area contributed by atoms with E-state index in [4.69, 9.17) is 4.74 Å². The SMILES string of the molecule is O=C(CN1C(=O)[C@H]2CC=CC[C@H]2C1=O)NC[C@H]1COC(=O)N1. The molecule has 0 radical (unpaired) electrons. The molecule has 22 heavy (non-hydrogen) atoms. The van der Waals surface area contributed by atoms with Crippen LogP contribution in [0.1, 0.15) is 12.8 Å². The van der Waals surface area contributed by atoms with Gasteiger partial charge in [-0.3, -0.25) is 19.3 Å². The molecule has 0 aromatic rings. The summed E-state index contributed by atoms with van der Waals surface area (Å²) in [5.74, 6) is -1.62. The minimum Gasteiger partial charge on any atom is -0.447 e. The van der Waals surface area contributed by atoms with Gasteiger partial charge in [-0.1, -0.05) is 12.2 Å². The van der Waals surface area contributed by atoms with Gasteiger partial charge in [0.1, 0.15) is 13.2 Å². The van der Waals surface area contributed by atoms with Crippen molar-refractivity contribution in [1.82, 2.24) is 15.5 Å². The molecule has 3 aliphatic rings. The zero-order valence-corrected chi connectivity index (χ0v) is 11.9. The molecule has 8 heteroatoms. The molecule has 0 spiro atoms. The summed E-state index contributed by atoms with van der Waals surface area (Å²) in [5.41, 5.74) is 0. The van der Waals surface area contributed by atoms with Crippen molar-refractivity contribution in [3.05, 3.63) is 12.2 Å². The monoisotopic (exact) mass is 307 g/mol. The van der Waals surface area contributed by atoms with Crippen LogP contribution in [0.5, 0.6) is 0 Å². The highest BCUT2D eigenvalue weighted by atomic mass is 16.6. The van der Waals surface area contributed by atoms with Crippen molar-refractivity contribution in [3.63, 3.8) is 0 Å². The number of fused-ring (bicyclic) bond motifs is 1. The molecule has 0 aromatic carbocycles. The first-order valence-corrected chi connectivity index (χ1v) is 7.26. The second-order valence-corrected chi connectivity index (χ2v) is 5.66. The Bertz CT molecular complexity index is 533. The fourth-order valence-electron chi connectivity index (χ4n) is 3.00. The van der Waals surface area contributed by atoms with Crippen LogP contribution >= 0.6 is 0 Å². The van der Waals surface area contributed by atoms with E-state index in [1.165, 1.54) is 0 Å². The lowest BCUT2D eigenvalue weighted by Gasteiger charge is -2.15. The number of alkyl carbamates (subject to hydrolysis) is 1. The Morgan fingerprint density at radius 1 is 1.23 bits per heavy atom. The molecule has 0 aromatic heterocycles. The van der Waals surface area contributed by atoms with Crippen LogP contribution in [0.2, 0.25) is 0 Å². The number of cyclic esters (lactones) is 1. The Balaban J connectivity index is 1.52. The predicted octanol–water partition coefficient (Wildman–Crippen LogP) is -0.838. The number of nitrogens with one attached hydrogen (secondary N) is 2. The van der Waals surface area contributed by atoms with E-state index in [2.05, 4.69) is 10.6 Å². The van der Waals surface area contributed by atoms with E-state index < -0.39 is 12.0 Å². The Kier molecular flexibility index (Phi) is 3.82. The van der Waals surface area contributed by atoms with Crippen LogP contribution in [0.4, 0.5) is 4.79 Å². The second kappa shape index (κ2) is 5.78. The van der Waals surface area contributed by atoms with E-state index in [0.29, 0.717) is 12.8 Å². The van der Waals surface area contributed by atoms with Gasteiger partial charge in [0.2, 0.25) is 17.7 Å². The number of carbonyl (C=O) groups is 4. The van der Waals surface area contributed by atoms with Crippen LogP contribution < -0.4 is 10.6 Å². The van der Waals surface area contributed by atoms with Gasteiger partial charge in [-0.2, -0.15) is 0 Å². The van der Waals surface area contributed by atoms with Crippen LogP contribution in [-0.2, 0) is 19.1 Å². The predicted molar refractivity (Wildman–Crippen MR) is 73.4 cm³/mol. The molecule has 4 amide bonds. The van der Waals surface area contributed by atoms with Gasteiger partial charge in [-0.05, 0) is 12.8 Å². The maximum atomic E-state index is 12.2. The molecule has 2 saturated heterocycles. The standard InChI is InChI=1S/C14H17N3O5/c18-11(15-5-8-7-22-14(21)16-8)6-17-12(19)9-3-1-2-4-10(9)13(17)20/h1-2,8-10H,3-7H2,(H,15,18)(H,16,21)/t8-,9-,10+/m0/s1. The normalized spacial score (nSPS) is 30.1. The number of allylic oxidation sites excluding steroid dienone is 2. The van der Waals surface area contributed by atoms with Gasteiger partial charge in [-0.25, -0.2) is 4.79 Å². The van der Waals surface area contributed by atoms with E-state index in [-0.39, 0.29) is 49.4 Å². The fraction of sp³-hybridized carbons (Fsp3) is 0.571. The number of likely N-dealkylation sites (tertiary alicyclic amines) is 1. The van der Waals surface area contributed by atoms with Crippen LogP contribution in [-0.4, -0.2) is 54.5 Å². The number of carbonyl (C=O) groups excluding carboxylic acids is 4. The summed E-state index contributed by atoms with van der Waals surface area (Å²) in [7, 11) is 0. The van der Waals surface area contributed by atoms with E-state index in [1.54, 1.807) is 0 Å². The van der Waals surface area contributed by atoms with Crippen molar-refractivity contribution >= 4 is 23.8 Å². The molecule has 3 rings (SSSR count). The number of imide groups is 1. The van der Waals surface area contributed by atoms with Gasteiger partial charge < -0.3 is 15.4 Å². The maximum absolute atomic E-state index is 12.2. The molecule has 2 aliphatic heterocycles. The Morgan fingerprint density at radius 2 is 1.86 bits per heavy atom. The van der Waals surface area contributed by atoms with Crippen LogP contribution in [0, 0.1) is 11.8 Å². The van der Waals surface area contributed by atoms with E-state index in [0.717, 1.165) is 4.90 Å². The van der Waals surface area contributed by atoms with Crippen LogP contribution in [0.15, 0.2) is 12.2 Å². The summed E-state index contributed by atoms with van der Waals surface area (Å²) < 4.78 is 4.70. The minimum absolute atomic E-state index is 0.191.